The Hall–Kier alpha value is -1.82. The van der Waals surface area contributed by atoms with Gasteiger partial charge in [-0.2, -0.15) is 0 Å². The molecule has 19 heavy (non-hydrogen) atoms. The second-order valence-corrected chi connectivity index (χ2v) is 4.85. The number of carboxylic acids is 1. The standard InChI is InChI=1S/C13H18N2O4/c1-19-8-7-15-6-2-3-10(15)11(16)14-9-13(4-5-13)12(17)18/h2-3,6H,4-5,7-9H2,1H3,(H,14,16)(H,17,18). The number of methoxy groups -OCH3 is 1. The lowest BCUT2D eigenvalue weighted by atomic mass is 10.1. The highest BCUT2D eigenvalue weighted by molar-refractivity contribution is 5.93. The van der Waals surface area contributed by atoms with E-state index in [1.807, 2.05) is 0 Å². The van der Waals surface area contributed by atoms with E-state index in [0.29, 0.717) is 31.7 Å². The third-order valence-corrected chi connectivity index (χ3v) is 3.49. The van der Waals surface area contributed by atoms with Gasteiger partial charge in [0.05, 0.1) is 12.0 Å². The first kappa shape index (κ1) is 13.6. The summed E-state index contributed by atoms with van der Waals surface area (Å²) in [6, 6.07) is 3.50. The van der Waals surface area contributed by atoms with Crippen molar-refractivity contribution in [1.82, 2.24) is 9.88 Å². The van der Waals surface area contributed by atoms with Crippen LogP contribution in [0.4, 0.5) is 0 Å². The van der Waals surface area contributed by atoms with E-state index in [9.17, 15) is 9.59 Å². The van der Waals surface area contributed by atoms with E-state index in [0.717, 1.165) is 0 Å². The van der Waals surface area contributed by atoms with Crippen LogP contribution in [0, 0.1) is 5.41 Å². The summed E-state index contributed by atoms with van der Waals surface area (Å²) < 4.78 is 6.77. The Morgan fingerprint density at radius 2 is 2.26 bits per heavy atom. The lowest BCUT2D eigenvalue weighted by Crippen LogP contribution is -2.35. The van der Waals surface area contributed by atoms with E-state index < -0.39 is 11.4 Å². The third kappa shape index (κ3) is 2.96. The lowest BCUT2D eigenvalue weighted by molar-refractivity contribution is -0.143. The highest BCUT2D eigenvalue weighted by atomic mass is 16.5. The van der Waals surface area contributed by atoms with Crippen molar-refractivity contribution in [2.45, 2.75) is 19.4 Å². The summed E-state index contributed by atoms with van der Waals surface area (Å²) in [6.07, 6.45) is 3.07. The maximum absolute atomic E-state index is 12.0. The molecule has 0 spiro atoms. The Morgan fingerprint density at radius 1 is 1.53 bits per heavy atom. The number of hydrogen-bond donors (Lipinski definition) is 2. The number of hydrogen-bond acceptors (Lipinski definition) is 3. The van der Waals surface area contributed by atoms with E-state index in [2.05, 4.69) is 5.32 Å². The molecule has 1 amide bonds. The molecule has 0 atom stereocenters. The summed E-state index contributed by atoms with van der Waals surface area (Å²) in [5, 5.41) is 11.7. The van der Waals surface area contributed by atoms with Gasteiger partial charge in [-0.25, -0.2) is 0 Å². The first-order valence-corrected chi connectivity index (χ1v) is 6.25. The zero-order valence-corrected chi connectivity index (χ0v) is 10.9. The largest absolute Gasteiger partial charge is 0.481 e. The molecule has 6 heteroatoms. The van der Waals surface area contributed by atoms with Crippen LogP contribution < -0.4 is 5.32 Å². The fraction of sp³-hybridized carbons (Fsp3) is 0.538. The molecule has 1 aliphatic carbocycles. The molecule has 1 saturated carbocycles. The first-order chi connectivity index (χ1) is 9.09. The summed E-state index contributed by atoms with van der Waals surface area (Å²) in [6.45, 7) is 1.31. The molecule has 104 valence electrons. The molecule has 6 nitrogen and oxygen atoms in total. The van der Waals surface area contributed by atoms with Gasteiger partial charge in [0.25, 0.3) is 5.91 Å². The van der Waals surface area contributed by atoms with E-state index in [-0.39, 0.29) is 12.5 Å². The van der Waals surface area contributed by atoms with Crippen molar-refractivity contribution in [2.75, 3.05) is 20.3 Å². The predicted molar refractivity (Wildman–Crippen MR) is 67.9 cm³/mol. The molecule has 1 aromatic heterocycles. The van der Waals surface area contributed by atoms with Crippen molar-refractivity contribution in [2.24, 2.45) is 5.41 Å². The quantitative estimate of drug-likeness (QED) is 0.762. The Balaban J connectivity index is 1.93. The maximum Gasteiger partial charge on any atom is 0.311 e. The average molecular weight is 266 g/mol. The number of nitrogens with one attached hydrogen (secondary N) is 1. The predicted octanol–water partition coefficient (Wildman–Crippen LogP) is 0.729. The molecule has 2 N–H and O–H groups in total. The van der Waals surface area contributed by atoms with Crippen LogP contribution in [0.3, 0.4) is 0 Å². The third-order valence-electron chi connectivity index (χ3n) is 3.49. The minimum atomic E-state index is -0.831. The van der Waals surface area contributed by atoms with E-state index in [1.54, 1.807) is 30.0 Å². The van der Waals surface area contributed by atoms with Gasteiger partial charge < -0.3 is 19.7 Å². The number of rotatable bonds is 7. The SMILES string of the molecule is COCCn1cccc1C(=O)NCC1(C(=O)O)CC1. The number of carboxylic acid groups (broad SMARTS) is 1. The molecule has 1 fully saturated rings. The normalized spacial score (nSPS) is 16.1. The van der Waals surface area contributed by atoms with E-state index in [4.69, 9.17) is 9.84 Å². The minimum absolute atomic E-state index is 0.191. The summed E-state index contributed by atoms with van der Waals surface area (Å²) >= 11 is 0. The molecule has 0 bridgehead atoms. The summed E-state index contributed by atoms with van der Waals surface area (Å²) in [4.78, 5) is 23.0. The molecule has 0 radical (unpaired) electrons. The summed E-state index contributed by atoms with van der Waals surface area (Å²) in [5.41, 5.74) is -0.210. The summed E-state index contributed by atoms with van der Waals surface area (Å²) in [7, 11) is 1.60. The molecule has 1 aromatic rings. The van der Waals surface area contributed by atoms with Crippen molar-refractivity contribution >= 4 is 11.9 Å². The number of aromatic nitrogens is 1. The van der Waals surface area contributed by atoms with Crippen molar-refractivity contribution < 1.29 is 19.4 Å². The van der Waals surface area contributed by atoms with Crippen LogP contribution >= 0.6 is 0 Å². The van der Waals surface area contributed by atoms with Gasteiger partial charge in [0.15, 0.2) is 0 Å². The molecule has 0 aromatic carbocycles. The number of aliphatic carboxylic acids is 1. The van der Waals surface area contributed by atoms with Crippen LogP contribution in [0.5, 0.6) is 0 Å². The maximum atomic E-state index is 12.0. The second kappa shape index (κ2) is 5.44. The Bertz CT molecular complexity index is 477. The minimum Gasteiger partial charge on any atom is -0.481 e. The van der Waals surface area contributed by atoms with E-state index in [1.165, 1.54) is 0 Å². The van der Waals surface area contributed by atoms with Gasteiger partial charge in [0, 0.05) is 26.4 Å². The fourth-order valence-electron chi connectivity index (χ4n) is 1.96. The van der Waals surface area contributed by atoms with Crippen molar-refractivity contribution in [1.29, 1.82) is 0 Å². The van der Waals surface area contributed by atoms with Crippen LogP contribution in [0.2, 0.25) is 0 Å². The number of carbonyl (C=O) groups excluding carboxylic acids is 1. The van der Waals surface area contributed by atoms with Crippen molar-refractivity contribution in [3.8, 4) is 0 Å². The monoisotopic (exact) mass is 266 g/mol. The highest BCUT2D eigenvalue weighted by Gasteiger charge is 2.50. The molecule has 0 unspecified atom stereocenters. The Morgan fingerprint density at radius 3 is 2.84 bits per heavy atom. The number of amides is 1. The first-order valence-electron chi connectivity index (χ1n) is 6.25. The van der Waals surface area contributed by atoms with Gasteiger partial charge in [-0.3, -0.25) is 9.59 Å². The topological polar surface area (TPSA) is 80.6 Å². The molecular formula is C13H18N2O4. The van der Waals surface area contributed by atoms with Gasteiger partial charge in [-0.05, 0) is 25.0 Å². The highest BCUT2D eigenvalue weighted by Crippen LogP contribution is 2.45. The zero-order valence-electron chi connectivity index (χ0n) is 10.9. The second-order valence-electron chi connectivity index (χ2n) is 4.85. The van der Waals surface area contributed by atoms with Gasteiger partial charge in [0.2, 0.25) is 0 Å². The molecular weight excluding hydrogens is 248 g/mol. The van der Waals surface area contributed by atoms with Crippen LogP contribution in [0.25, 0.3) is 0 Å². The average Bonchev–Trinajstić information content (AvgIpc) is 3.05. The van der Waals surface area contributed by atoms with Gasteiger partial charge in [0.1, 0.15) is 5.69 Å². The Labute approximate surface area is 111 Å². The fourth-order valence-corrected chi connectivity index (χ4v) is 1.96. The van der Waals surface area contributed by atoms with Crippen molar-refractivity contribution in [3.05, 3.63) is 24.0 Å². The van der Waals surface area contributed by atoms with Gasteiger partial charge in [-0.1, -0.05) is 0 Å². The zero-order chi connectivity index (χ0) is 13.9. The Kier molecular flexibility index (Phi) is 3.90. The molecule has 0 aliphatic heterocycles. The lowest BCUT2D eigenvalue weighted by Gasteiger charge is -2.12. The van der Waals surface area contributed by atoms with Crippen LogP contribution in [0.1, 0.15) is 23.3 Å². The number of nitrogens with zero attached hydrogens (tertiary/aromatic N) is 1. The smallest absolute Gasteiger partial charge is 0.311 e. The van der Waals surface area contributed by atoms with Gasteiger partial charge in [-0.15, -0.1) is 0 Å². The van der Waals surface area contributed by atoms with Crippen LogP contribution in [-0.4, -0.2) is 41.8 Å². The number of carbonyl (C=O) groups is 2. The molecule has 1 heterocycles. The van der Waals surface area contributed by atoms with Crippen LogP contribution in [0.15, 0.2) is 18.3 Å². The summed E-state index contributed by atoms with van der Waals surface area (Å²) in [5.74, 6) is -1.07. The van der Waals surface area contributed by atoms with E-state index >= 15 is 0 Å². The van der Waals surface area contributed by atoms with Gasteiger partial charge >= 0.3 is 5.97 Å². The van der Waals surface area contributed by atoms with Crippen molar-refractivity contribution in [3.63, 3.8) is 0 Å². The molecule has 2 rings (SSSR count). The molecule has 0 saturated heterocycles. The van der Waals surface area contributed by atoms with Crippen LogP contribution in [-0.2, 0) is 16.1 Å². The molecule has 1 aliphatic rings. The number of ether oxygens (including phenoxy) is 1.